The molecule has 0 aromatic heterocycles. The van der Waals surface area contributed by atoms with E-state index in [9.17, 15) is 8.42 Å². The summed E-state index contributed by atoms with van der Waals surface area (Å²) in [7, 11) is -2.93. The zero-order valence-corrected chi connectivity index (χ0v) is 9.05. The molecule has 0 heterocycles. The Morgan fingerprint density at radius 1 is 1.43 bits per heavy atom. The van der Waals surface area contributed by atoms with Crippen LogP contribution in [0, 0.1) is 0 Å². The summed E-state index contributed by atoms with van der Waals surface area (Å²) in [5.41, 5.74) is 1.78. The third kappa shape index (κ3) is 3.00. The summed E-state index contributed by atoms with van der Waals surface area (Å²) in [4.78, 5) is 0. The molecule has 0 aliphatic rings. The highest BCUT2D eigenvalue weighted by Gasteiger charge is 2.08. The largest absolute Gasteiger partial charge is 0.229 e. The van der Waals surface area contributed by atoms with Crippen molar-refractivity contribution < 1.29 is 8.42 Å². The highest BCUT2D eigenvalue weighted by Crippen LogP contribution is 2.10. The lowest BCUT2D eigenvalue weighted by Gasteiger charge is -2.02. The molecular weight excluding hydrogens is 196 g/mol. The van der Waals surface area contributed by atoms with Crippen molar-refractivity contribution in [2.24, 2.45) is 0 Å². The monoisotopic (exact) mass is 210 g/mol. The van der Waals surface area contributed by atoms with Crippen LogP contribution in [0.3, 0.4) is 0 Å². The topological polar surface area (TPSA) is 34.1 Å². The molecule has 1 rings (SSSR count). The standard InChI is InChI=1S/C11H14O2S/c1-3-10-6-5-7-11(8-10)9-14(12,13)4-2/h3,5-8H,1,4,9H2,2H3. The van der Waals surface area contributed by atoms with Gasteiger partial charge in [0.05, 0.1) is 5.75 Å². The van der Waals surface area contributed by atoms with Crippen molar-refractivity contribution in [3.05, 3.63) is 42.0 Å². The zero-order chi connectivity index (χ0) is 10.6. The summed E-state index contributed by atoms with van der Waals surface area (Å²) in [6.07, 6.45) is 1.71. The Balaban J connectivity index is 2.92. The highest BCUT2D eigenvalue weighted by atomic mass is 32.2. The summed E-state index contributed by atoms with van der Waals surface area (Å²) in [5, 5.41) is 0. The van der Waals surface area contributed by atoms with Crippen molar-refractivity contribution in [1.82, 2.24) is 0 Å². The lowest BCUT2D eigenvalue weighted by atomic mass is 10.1. The van der Waals surface area contributed by atoms with E-state index in [4.69, 9.17) is 0 Å². The van der Waals surface area contributed by atoms with Gasteiger partial charge in [-0.2, -0.15) is 0 Å². The Hall–Kier alpha value is -1.09. The molecule has 76 valence electrons. The van der Waals surface area contributed by atoms with E-state index in [1.165, 1.54) is 0 Å². The summed E-state index contributed by atoms with van der Waals surface area (Å²) in [6, 6.07) is 7.41. The maximum atomic E-state index is 11.3. The molecule has 0 bridgehead atoms. The van der Waals surface area contributed by atoms with Gasteiger partial charge in [-0.1, -0.05) is 43.8 Å². The molecule has 0 fully saturated rings. The number of sulfone groups is 1. The van der Waals surface area contributed by atoms with E-state index >= 15 is 0 Å². The molecule has 0 saturated heterocycles. The third-order valence-electron chi connectivity index (χ3n) is 2.01. The lowest BCUT2D eigenvalue weighted by molar-refractivity contribution is 0.596. The molecule has 0 amide bonds. The molecule has 0 aliphatic carbocycles. The van der Waals surface area contributed by atoms with E-state index in [1.54, 1.807) is 13.0 Å². The molecule has 0 spiro atoms. The molecule has 2 nitrogen and oxygen atoms in total. The molecule has 14 heavy (non-hydrogen) atoms. The fourth-order valence-electron chi connectivity index (χ4n) is 1.17. The minimum absolute atomic E-state index is 0.116. The van der Waals surface area contributed by atoms with Gasteiger partial charge in [0.2, 0.25) is 0 Å². The SMILES string of the molecule is C=Cc1cccc(CS(=O)(=O)CC)c1. The second-order valence-electron chi connectivity index (χ2n) is 3.13. The molecule has 1 aromatic rings. The first kappa shape index (κ1) is 11.0. The predicted molar refractivity (Wildman–Crippen MR) is 59.7 cm³/mol. The van der Waals surface area contributed by atoms with Gasteiger partial charge < -0.3 is 0 Å². The van der Waals surface area contributed by atoms with E-state index in [0.29, 0.717) is 0 Å². The molecule has 0 radical (unpaired) electrons. The molecule has 0 unspecified atom stereocenters. The van der Waals surface area contributed by atoms with Gasteiger partial charge in [-0.05, 0) is 11.1 Å². The van der Waals surface area contributed by atoms with Crippen LogP contribution >= 0.6 is 0 Å². The van der Waals surface area contributed by atoms with Gasteiger partial charge in [0.25, 0.3) is 0 Å². The minimum atomic E-state index is -2.93. The smallest absolute Gasteiger partial charge is 0.154 e. The van der Waals surface area contributed by atoms with E-state index < -0.39 is 9.84 Å². The normalized spacial score (nSPS) is 11.2. The first-order valence-corrected chi connectivity index (χ1v) is 6.31. The summed E-state index contributed by atoms with van der Waals surface area (Å²) in [6.45, 7) is 5.30. The molecule has 0 atom stereocenters. The maximum Gasteiger partial charge on any atom is 0.154 e. The number of rotatable bonds is 4. The van der Waals surface area contributed by atoms with Crippen molar-refractivity contribution in [3.63, 3.8) is 0 Å². The number of benzene rings is 1. The molecule has 3 heteroatoms. The van der Waals surface area contributed by atoms with E-state index in [0.717, 1.165) is 11.1 Å². The average Bonchev–Trinajstić information content (AvgIpc) is 2.17. The van der Waals surface area contributed by atoms with Crippen molar-refractivity contribution in [2.75, 3.05) is 5.75 Å². The van der Waals surface area contributed by atoms with Crippen LogP contribution in [-0.2, 0) is 15.6 Å². The Labute approximate surface area is 85.2 Å². The second-order valence-corrected chi connectivity index (χ2v) is 5.48. The van der Waals surface area contributed by atoms with E-state index in [2.05, 4.69) is 6.58 Å². The molecule has 0 saturated carbocycles. The van der Waals surface area contributed by atoms with Gasteiger partial charge in [0, 0.05) is 5.75 Å². The number of hydrogen-bond donors (Lipinski definition) is 0. The average molecular weight is 210 g/mol. The minimum Gasteiger partial charge on any atom is -0.229 e. The van der Waals surface area contributed by atoms with Gasteiger partial charge in [-0.15, -0.1) is 0 Å². The second kappa shape index (κ2) is 4.42. The lowest BCUT2D eigenvalue weighted by Crippen LogP contribution is -2.06. The molecular formula is C11H14O2S. The molecule has 0 N–H and O–H groups in total. The fraction of sp³-hybridized carbons (Fsp3) is 0.273. The fourth-order valence-corrected chi connectivity index (χ4v) is 2.06. The Morgan fingerprint density at radius 2 is 2.14 bits per heavy atom. The van der Waals surface area contributed by atoms with Gasteiger partial charge in [0.15, 0.2) is 9.84 Å². The third-order valence-corrected chi connectivity index (χ3v) is 3.67. The van der Waals surface area contributed by atoms with Crippen LogP contribution in [0.25, 0.3) is 6.08 Å². The van der Waals surface area contributed by atoms with E-state index in [-0.39, 0.29) is 11.5 Å². The molecule has 1 aromatic carbocycles. The number of hydrogen-bond acceptors (Lipinski definition) is 2. The van der Waals surface area contributed by atoms with Crippen LogP contribution < -0.4 is 0 Å². The van der Waals surface area contributed by atoms with Crippen LogP contribution in [0.4, 0.5) is 0 Å². The van der Waals surface area contributed by atoms with E-state index in [1.807, 2.05) is 24.3 Å². The van der Waals surface area contributed by atoms with Crippen LogP contribution in [0.1, 0.15) is 18.1 Å². The Morgan fingerprint density at radius 3 is 2.71 bits per heavy atom. The van der Waals surface area contributed by atoms with Crippen LogP contribution in [-0.4, -0.2) is 14.2 Å². The predicted octanol–water partition coefficient (Wildman–Crippen LogP) is 2.26. The molecule has 0 aliphatic heterocycles. The van der Waals surface area contributed by atoms with Crippen LogP contribution in [0.5, 0.6) is 0 Å². The Bertz CT molecular complexity index is 419. The highest BCUT2D eigenvalue weighted by molar-refractivity contribution is 7.90. The first-order chi connectivity index (χ1) is 6.57. The zero-order valence-electron chi connectivity index (χ0n) is 8.23. The van der Waals surface area contributed by atoms with Crippen molar-refractivity contribution >= 4 is 15.9 Å². The maximum absolute atomic E-state index is 11.3. The van der Waals surface area contributed by atoms with Gasteiger partial charge in [-0.25, -0.2) is 8.42 Å². The first-order valence-electron chi connectivity index (χ1n) is 4.49. The quantitative estimate of drug-likeness (QED) is 0.764. The van der Waals surface area contributed by atoms with Gasteiger partial charge in [-0.3, -0.25) is 0 Å². The van der Waals surface area contributed by atoms with Crippen LogP contribution in [0.2, 0.25) is 0 Å². The summed E-state index contributed by atoms with van der Waals surface area (Å²) < 4.78 is 22.7. The summed E-state index contributed by atoms with van der Waals surface area (Å²) in [5.74, 6) is 0.302. The van der Waals surface area contributed by atoms with Gasteiger partial charge in [0.1, 0.15) is 0 Å². The summed E-state index contributed by atoms with van der Waals surface area (Å²) >= 11 is 0. The van der Waals surface area contributed by atoms with Crippen molar-refractivity contribution in [1.29, 1.82) is 0 Å². The van der Waals surface area contributed by atoms with Crippen molar-refractivity contribution in [3.8, 4) is 0 Å². The Kier molecular flexibility index (Phi) is 3.47. The van der Waals surface area contributed by atoms with Gasteiger partial charge >= 0.3 is 0 Å². The van der Waals surface area contributed by atoms with Crippen LogP contribution in [0.15, 0.2) is 30.8 Å². The van der Waals surface area contributed by atoms with Crippen molar-refractivity contribution in [2.45, 2.75) is 12.7 Å².